The summed E-state index contributed by atoms with van der Waals surface area (Å²) in [6, 6.07) is 8.27. The molecule has 0 radical (unpaired) electrons. The molecule has 0 unspecified atom stereocenters. The van der Waals surface area contributed by atoms with E-state index < -0.39 is 10.0 Å². The Morgan fingerprint density at radius 2 is 2.05 bits per heavy atom. The van der Waals surface area contributed by atoms with Gasteiger partial charge in [-0.25, -0.2) is 13.6 Å². The zero-order valence-electron chi connectivity index (χ0n) is 10.2. The highest BCUT2D eigenvalue weighted by molar-refractivity contribution is 7.89. The molecule has 19 heavy (non-hydrogen) atoms. The van der Waals surface area contributed by atoms with Crippen LogP contribution in [-0.2, 0) is 16.4 Å². The smallest absolute Gasteiger partial charge is 0.240 e. The van der Waals surface area contributed by atoms with Crippen molar-refractivity contribution >= 4 is 21.4 Å². The van der Waals surface area contributed by atoms with Crippen LogP contribution in [0.5, 0.6) is 0 Å². The van der Waals surface area contributed by atoms with Crippen molar-refractivity contribution in [3.63, 3.8) is 0 Å². The molecule has 1 aromatic carbocycles. The molecule has 0 saturated carbocycles. The van der Waals surface area contributed by atoms with E-state index in [0.29, 0.717) is 6.54 Å². The molecule has 0 atom stereocenters. The van der Waals surface area contributed by atoms with Crippen molar-refractivity contribution in [2.75, 3.05) is 17.6 Å². The molecule has 2 rings (SSSR count). The lowest BCUT2D eigenvalue weighted by Crippen LogP contribution is -2.14. The maximum Gasteiger partial charge on any atom is 0.240 e. The molecule has 0 aliphatic rings. The second-order valence-electron chi connectivity index (χ2n) is 4.05. The first-order valence-electron chi connectivity index (χ1n) is 5.65. The Hall–Kier alpha value is -1.99. The monoisotopic (exact) mass is 281 g/mol. The maximum atomic E-state index is 11.2. The fraction of sp³-hybridized carbons (Fsp3) is 0.167. The molecule has 1 aromatic heterocycles. The van der Waals surface area contributed by atoms with Crippen LogP contribution in [0.15, 0.2) is 45.9 Å². The summed E-state index contributed by atoms with van der Waals surface area (Å²) in [6.07, 6.45) is 2.35. The van der Waals surface area contributed by atoms with Crippen LogP contribution >= 0.6 is 0 Å². The minimum absolute atomic E-state index is 0.0657. The molecular formula is C12H15N3O3S. The number of rotatable bonds is 5. The van der Waals surface area contributed by atoms with E-state index in [2.05, 4.69) is 5.32 Å². The average molecular weight is 281 g/mol. The predicted octanol–water partition coefficient (Wildman–Crippen LogP) is 1.16. The van der Waals surface area contributed by atoms with E-state index >= 15 is 0 Å². The molecule has 0 bridgehead atoms. The van der Waals surface area contributed by atoms with Gasteiger partial charge in [-0.3, -0.25) is 0 Å². The van der Waals surface area contributed by atoms with Gasteiger partial charge in [-0.1, -0.05) is 0 Å². The molecule has 0 saturated heterocycles. The Labute approximate surface area is 111 Å². The van der Waals surface area contributed by atoms with Gasteiger partial charge in [0.25, 0.3) is 0 Å². The molecule has 7 heteroatoms. The lowest BCUT2D eigenvalue weighted by Gasteiger charge is -2.08. The number of nitrogen functional groups attached to an aromatic ring is 1. The number of nitrogens with one attached hydrogen (secondary N) is 1. The molecule has 5 N–H and O–H groups in total. The van der Waals surface area contributed by atoms with Crippen molar-refractivity contribution in [3.8, 4) is 0 Å². The Bertz CT molecular complexity index is 651. The standard InChI is InChI=1S/C12H15N3O3S/c13-11-8-9(3-4-12(11)19(14,16)17)15-6-5-10-2-1-7-18-10/h1-4,7-8,15H,5-6,13H2,(H2,14,16,17). The van der Waals surface area contributed by atoms with Gasteiger partial charge in [0, 0.05) is 18.7 Å². The number of benzene rings is 1. The van der Waals surface area contributed by atoms with E-state index in [1.165, 1.54) is 6.07 Å². The van der Waals surface area contributed by atoms with Crippen molar-refractivity contribution in [1.29, 1.82) is 0 Å². The number of furan rings is 1. The van der Waals surface area contributed by atoms with Gasteiger partial charge in [0.1, 0.15) is 10.7 Å². The number of primary sulfonamides is 1. The van der Waals surface area contributed by atoms with Crippen LogP contribution < -0.4 is 16.2 Å². The molecule has 0 fully saturated rings. The van der Waals surface area contributed by atoms with Crippen molar-refractivity contribution in [2.24, 2.45) is 5.14 Å². The fourth-order valence-corrected chi connectivity index (χ4v) is 2.35. The van der Waals surface area contributed by atoms with Crippen LogP contribution in [0.1, 0.15) is 5.76 Å². The van der Waals surface area contributed by atoms with E-state index in [9.17, 15) is 8.42 Å². The Kier molecular flexibility index (Phi) is 3.77. The van der Waals surface area contributed by atoms with Gasteiger partial charge < -0.3 is 15.5 Å². The van der Waals surface area contributed by atoms with E-state index in [-0.39, 0.29) is 10.6 Å². The third kappa shape index (κ3) is 3.49. The van der Waals surface area contributed by atoms with Gasteiger partial charge in [0.2, 0.25) is 10.0 Å². The summed E-state index contributed by atoms with van der Waals surface area (Å²) in [5.41, 5.74) is 6.52. The summed E-state index contributed by atoms with van der Waals surface area (Å²) >= 11 is 0. The van der Waals surface area contributed by atoms with Crippen LogP contribution in [0.3, 0.4) is 0 Å². The van der Waals surface area contributed by atoms with Crippen molar-refractivity contribution in [2.45, 2.75) is 11.3 Å². The highest BCUT2D eigenvalue weighted by Gasteiger charge is 2.12. The molecule has 0 amide bonds. The van der Waals surface area contributed by atoms with Crippen LogP contribution in [0.4, 0.5) is 11.4 Å². The molecule has 1 heterocycles. The third-order valence-corrected chi connectivity index (χ3v) is 3.58. The van der Waals surface area contributed by atoms with Crippen LogP contribution in [0.2, 0.25) is 0 Å². The third-order valence-electron chi connectivity index (χ3n) is 2.60. The second kappa shape index (κ2) is 5.33. The highest BCUT2D eigenvalue weighted by Crippen LogP contribution is 2.21. The topological polar surface area (TPSA) is 111 Å². The van der Waals surface area contributed by atoms with Gasteiger partial charge in [-0.15, -0.1) is 0 Å². The Balaban J connectivity index is 2.00. The van der Waals surface area contributed by atoms with Crippen LogP contribution in [-0.4, -0.2) is 15.0 Å². The number of anilines is 2. The molecule has 0 aliphatic carbocycles. The second-order valence-corrected chi connectivity index (χ2v) is 5.58. The van der Waals surface area contributed by atoms with Crippen LogP contribution in [0.25, 0.3) is 0 Å². The van der Waals surface area contributed by atoms with Crippen LogP contribution in [0, 0.1) is 0 Å². The highest BCUT2D eigenvalue weighted by atomic mass is 32.2. The van der Waals surface area contributed by atoms with Gasteiger partial charge in [0.05, 0.1) is 12.0 Å². The SMILES string of the molecule is Nc1cc(NCCc2ccco2)ccc1S(N)(=O)=O. The number of hydrogen-bond donors (Lipinski definition) is 3. The summed E-state index contributed by atoms with van der Waals surface area (Å²) in [5, 5.41) is 8.16. The van der Waals surface area contributed by atoms with Crippen molar-refractivity contribution in [3.05, 3.63) is 42.4 Å². The van der Waals surface area contributed by atoms with Gasteiger partial charge in [-0.05, 0) is 30.3 Å². The first kappa shape index (κ1) is 13.4. The molecule has 6 nitrogen and oxygen atoms in total. The summed E-state index contributed by atoms with van der Waals surface area (Å²) in [5.74, 6) is 0.877. The molecule has 0 aliphatic heterocycles. The summed E-state index contributed by atoms with van der Waals surface area (Å²) < 4.78 is 27.6. The number of hydrogen-bond acceptors (Lipinski definition) is 5. The van der Waals surface area contributed by atoms with E-state index in [1.807, 2.05) is 12.1 Å². The lowest BCUT2D eigenvalue weighted by atomic mass is 10.2. The first-order chi connectivity index (χ1) is 8.97. The Morgan fingerprint density at radius 1 is 1.26 bits per heavy atom. The van der Waals surface area contributed by atoms with Crippen molar-refractivity contribution < 1.29 is 12.8 Å². The molecular weight excluding hydrogens is 266 g/mol. The minimum Gasteiger partial charge on any atom is -0.469 e. The molecule has 102 valence electrons. The summed E-state index contributed by atoms with van der Waals surface area (Å²) in [7, 11) is -3.77. The maximum absolute atomic E-state index is 11.2. The predicted molar refractivity (Wildman–Crippen MR) is 73.1 cm³/mol. The minimum atomic E-state index is -3.77. The normalized spacial score (nSPS) is 11.4. The number of nitrogens with two attached hydrogens (primary N) is 2. The Morgan fingerprint density at radius 3 is 2.63 bits per heavy atom. The quantitative estimate of drug-likeness (QED) is 0.712. The molecule has 0 spiro atoms. The first-order valence-corrected chi connectivity index (χ1v) is 7.20. The number of sulfonamides is 1. The zero-order chi connectivity index (χ0) is 13.9. The van der Waals surface area contributed by atoms with Gasteiger partial charge in [-0.2, -0.15) is 0 Å². The largest absolute Gasteiger partial charge is 0.469 e. The van der Waals surface area contributed by atoms with Gasteiger partial charge >= 0.3 is 0 Å². The average Bonchev–Trinajstić information content (AvgIpc) is 2.80. The molecule has 2 aromatic rings. The van der Waals surface area contributed by atoms with Crippen molar-refractivity contribution in [1.82, 2.24) is 0 Å². The zero-order valence-corrected chi connectivity index (χ0v) is 11.0. The summed E-state index contributed by atoms with van der Waals surface area (Å²) in [6.45, 7) is 0.654. The van der Waals surface area contributed by atoms with Gasteiger partial charge in [0.15, 0.2) is 0 Å². The fourth-order valence-electron chi connectivity index (χ4n) is 1.70. The lowest BCUT2D eigenvalue weighted by molar-refractivity contribution is 0.513. The van der Waals surface area contributed by atoms with E-state index in [0.717, 1.165) is 17.9 Å². The van der Waals surface area contributed by atoms with E-state index in [4.69, 9.17) is 15.3 Å². The summed E-state index contributed by atoms with van der Waals surface area (Å²) in [4.78, 5) is -0.0657. The van der Waals surface area contributed by atoms with E-state index in [1.54, 1.807) is 18.4 Å².